The molecule has 1 aliphatic rings. The van der Waals surface area contributed by atoms with E-state index in [1.807, 2.05) is 48.5 Å². The maximum Gasteiger partial charge on any atom is 0.227 e. The Kier molecular flexibility index (Phi) is 4.11. The standard InChI is InChI=1S/C18H19NO3/c1-19-16-9-7-14(11-13(16)8-10-18(19)21)17(20)12-22-15-5-3-2-4-6-15/h2-7,9,11,17,20H,8,10,12H2,1H3. The van der Waals surface area contributed by atoms with Gasteiger partial charge in [-0.2, -0.15) is 0 Å². The first kappa shape index (κ1) is 14.6. The number of aliphatic hydroxyl groups is 1. The molecule has 114 valence electrons. The van der Waals surface area contributed by atoms with E-state index in [1.165, 1.54) is 0 Å². The molecule has 0 bridgehead atoms. The largest absolute Gasteiger partial charge is 0.491 e. The second-order valence-electron chi connectivity index (χ2n) is 5.48. The number of carbonyl (C=O) groups is 1. The van der Waals surface area contributed by atoms with Crippen molar-refractivity contribution in [1.82, 2.24) is 0 Å². The molecule has 4 nitrogen and oxygen atoms in total. The fourth-order valence-corrected chi connectivity index (χ4v) is 2.67. The van der Waals surface area contributed by atoms with Gasteiger partial charge in [-0.1, -0.05) is 30.3 Å². The predicted octanol–water partition coefficient (Wildman–Crippen LogP) is 2.71. The van der Waals surface area contributed by atoms with E-state index in [0.29, 0.717) is 6.42 Å². The number of nitrogens with zero attached hydrogens (tertiary/aromatic N) is 1. The zero-order chi connectivity index (χ0) is 15.5. The van der Waals surface area contributed by atoms with Crippen LogP contribution in [0.2, 0.25) is 0 Å². The lowest BCUT2D eigenvalue weighted by Crippen LogP contribution is -2.31. The summed E-state index contributed by atoms with van der Waals surface area (Å²) < 4.78 is 5.59. The summed E-state index contributed by atoms with van der Waals surface area (Å²) in [5.74, 6) is 0.873. The van der Waals surface area contributed by atoms with Crippen molar-refractivity contribution in [3.8, 4) is 5.75 Å². The lowest BCUT2D eigenvalue weighted by atomic mass is 9.97. The maximum absolute atomic E-state index is 11.7. The van der Waals surface area contributed by atoms with Gasteiger partial charge in [-0.15, -0.1) is 0 Å². The number of carbonyl (C=O) groups excluding carboxylic acids is 1. The van der Waals surface area contributed by atoms with E-state index < -0.39 is 6.10 Å². The fourth-order valence-electron chi connectivity index (χ4n) is 2.67. The number of aryl methyl sites for hydroxylation is 1. The number of para-hydroxylation sites is 1. The quantitative estimate of drug-likeness (QED) is 0.944. The first-order chi connectivity index (χ1) is 10.6. The SMILES string of the molecule is CN1C(=O)CCc2cc(C(O)COc3ccccc3)ccc21. The van der Waals surface area contributed by atoms with Crippen LogP contribution < -0.4 is 9.64 Å². The molecule has 1 atom stereocenters. The zero-order valence-electron chi connectivity index (χ0n) is 12.5. The minimum absolute atomic E-state index is 0.133. The van der Waals surface area contributed by atoms with Crippen molar-refractivity contribution in [2.24, 2.45) is 0 Å². The second-order valence-corrected chi connectivity index (χ2v) is 5.48. The molecular weight excluding hydrogens is 278 g/mol. The Balaban J connectivity index is 1.71. The number of hydrogen-bond acceptors (Lipinski definition) is 3. The van der Waals surface area contributed by atoms with E-state index >= 15 is 0 Å². The Morgan fingerprint density at radius 1 is 1.18 bits per heavy atom. The minimum atomic E-state index is -0.687. The summed E-state index contributed by atoms with van der Waals surface area (Å²) in [7, 11) is 1.79. The average Bonchev–Trinajstić information content (AvgIpc) is 2.56. The molecule has 3 rings (SSSR count). The van der Waals surface area contributed by atoms with Crippen LogP contribution >= 0.6 is 0 Å². The van der Waals surface area contributed by atoms with Gasteiger partial charge in [0, 0.05) is 19.2 Å². The van der Waals surface area contributed by atoms with Crippen LogP contribution in [-0.4, -0.2) is 24.7 Å². The number of aliphatic hydroxyl groups excluding tert-OH is 1. The van der Waals surface area contributed by atoms with Crippen LogP contribution in [0.5, 0.6) is 5.75 Å². The summed E-state index contributed by atoms with van der Waals surface area (Å²) in [6, 6.07) is 15.2. The smallest absolute Gasteiger partial charge is 0.227 e. The summed E-state index contributed by atoms with van der Waals surface area (Å²) in [4.78, 5) is 13.4. The third-order valence-corrected chi connectivity index (χ3v) is 3.98. The van der Waals surface area contributed by atoms with Gasteiger partial charge in [-0.05, 0) is 35.7 Å². The molecule has 22 heavy (non-hydrogen) atoms. The van der Waals surface area contributed by atoms with Crippen molar-refractivity contribution in [2.75, 3.05) is 18.6 Å². The molecule has 0 radical (unpaired) electrons. The van der Waals surface area contributed by atoms with E-state index in [4.69, 9.17) is 4.74 Å². The molecule has 0 aromatic heterocycles. The number of amides is 1. The van der Waals surface area contributed by atoms with Crippen LogP contribution in [0.3, 0.4) is 0 Å². The lowest BCUT2D eigenvalue weighted by molar-refractivity contribution is -0.118. The van der Waals surface area contributed by atoms with Crippen molar-refractivity contribution in [3.05, 3.63) is 59.7 Å². The first-order valence-corrected chi connectivity index (χ1v) is 7.40. The van der Waals surface area contributed by atoms with Gasteiger partial charge >= 0.3 is 0 Å². The molecule has 1 N–H and O–H groups in total. The molecule has 1 amide bonds. The molecule has 2 aromatic carbocycles. The zero-order valence-corrected chi connectivity index (χ0v) is 12.5. The van der Waals surface area contributed by atoms with E-state index in [0.717, 1.165) is 29.0 Å². The molecule has 2 aromatic rings. The van der Waals surface area contributed by atoms with Gasteiger partial charge in [0.2, 0.25) is 5.91 Å². The number of ether oxygens (including phenoxy) is 1. The van der Waals surface area contributed by atoms with E-state index in [9.17, 15) is 9.90 Å². The molecule has 0 aliphatic carbocycles. The number of hydrogen-bond donors (Lipinski definition) is 1. The van der Waals surface area contributed by atoms with E-state index in [2.05, 4.69) is 0 Å². The molecule has 0 fully saturated rings. The Hall–Kier alpha value is -2.33. The summed E-state index contributed by atoms with van der Waals surface area (Å²) in [6.07, 6.45) is 0.552. The molecule has 0 saturated carbocycles. The maximum atomic E-state index is 11.7. The molecule has 1 aliphatic heterocycles. The Bertz CT molecular complexity index is 669. The summed E-state index contributed by atoms with van der Waals surface area (Å²) >= 11 is 0. The Labute approximate surface area is 130 Å². The molecule has 0 spiro atoms. The van der Waals surface area contributed by atoms with Crippen LogP contribution in [0.25, 0.3) is 0 Å². The summed E-state index contributed by atoms with van der Waals surface area (Å²) in [5, 5.41) is 10.3. The van der Waals surface area contributed by atoms with Crippen LogP contribution in [0.4, 0.5) is 5.69 Å². The summed E-state index contributed by atoms with van der Waals surface area (Å²) in [6.45, 7) is 0.206. The van der Waals surface area contributed by atoms with Crippen LogP contribution in [0.1, 0.15) is 23.7 Å². The highest BCUT2D eigenvalue weighted by Gasteiger charge is 2.22. The second kappa shape index (κ2) is 6.20. The van der Waals surface area contributed by atoms with Crippen LogP contribution in [0, 0.1) is 0 Å². The van der Waals surface area contributed by atoms with Gasteiger partial charge in [0.25, 0.3) is 0 Å². The van der Waals surface area contributed by atoms with Gasteiger partial charge in [0.05, 0.1) is 0 Å². The normalized spacial score (nSPS) is 15.4. The van der Waals surface area contributed by atoms with Crippen molar-refractivity contribution < 1.29 is 14.6 Å². The van der Waals surface area contributed by atoms with Crippen molar-refractivity contribution >= 4 is 11.6 Å². The number of benzene rings is 2. The fraction of sp³-hybridized carbons (Fsp3) is 0.278. The minimum Gasteiger partial charge on any atom is -0.491 e. The van der Waals surface area contributed by atoms with Crippen molar-refractivity contribution in [2.45, 2.75) is 18.9 Å². The van der Waals surface area contributed by atoms with Gasteiger partial charge < -0.3 is 14.7 Å². The number of rotatable bonds is 4. The van der Waals surface area contributed by atoms with E-state index in [-0.39, 0.29) is 12.5 Å². The highest BCUT2D eigenvalue weighted by atomic mass is 16.5. The molecular formula is C18H19NO3. The van der Waals surface area contributed by atoms with Crippen LogP contribution in [0.15, 0.2) is 48.5 Å². The monoisotopic (exact) mass is 297 g/mol. The van der Waals surface area contributed by atoms with Gasteiger partial charge in [0.1, 0.15) is 18.5 Å². The van der Waals surface area contributed by atoms with Crippen molar-refractivity contribution in [3.63, 3.8) is 0 Å². The topological polar surface area (TPSA) is 49.8 Å². The molecule has 0 saturated heterocycles. The lowest BCUT2D eigenvalue weighted by Gasteiger charge is -2.26. The highest BCUT2D eigenvalue weighted by Crippen LogP contribution is 2.29. The number of anilines is 1. The number of fused-ring (bicyclic) bond motifs is 1. The average molecular weight is 297 g/mol. The predicted molar refractivity (Wildman–Crippen MR) is 85.1 cm³/mol. The Morgan fingerprint density at radius 3 is 2.73 bits per heavy atom. The third kappa shape index (κ3) is 2.97. The molecule has 1 unspecified atom stereocenters. The van der Waals surface area contributed by atoms with E-state index in [1.54, 1.807) is 11.9 Å². The Morgan fingerprint density at radius 2 is 1.95 bits per heavy atom. The van der Waals surface area contributed by atoms with Gasteiger partial charge in [0.15, 0.2) is 0 Å². The third-order valence-electron chi connectivity index (χ3n) is 3.98. The van der Waals surface area contributed by atoms with Gasteiger partial charge in [-0.3, -0.25) is 4.79 Å². The first-order valence-electron chi connectivity index (χ1n) is 7.40. The summed E-state index contributed by atoms with van der Waals surface area (Å²) in [5.41, 5.74) is 2.84. The van der Waals surface area contributed by atoms with Crippen LogP contribution in [-0.2, 0) is 11.2 Å². The van der Waals surface area contributed by atoms with Gasteiger partial charge in [-0.25, -0.2) is 0 Å². The van der Waals surface area contributed by atoms with Crippen molar-refractivity contribution in [1.29, 1.82) is 0 Å². The molecule has 4 heteroatoms. The highest BCUT2D eigenvalue weighted by molar-refractivity contribution is 5.95. The molecule has 1 heterocycles.